The van der Waals surface area contributed by atoms with Crippen molar-refractivity contribution in [1.82, 2.24) is 9.88 Å². The zero-order valence-electron chi connectivity index (χ0n) is 13.3. The lowest BCUT2D eigenvalue weighted by atomic mass is 10.2. The number of nitrogens with zero attached hydrogens (tertiary/aromatic N) is 2. The number of hydrogen-bond donors (Lipinski definition) is 1. The molecule has 2 aromatic rings. The molecule has 0 bridgehead atoms. The van der Waals surface area contributed by atoms with E-state index in [2.05, 4.69) is 5.32 Å². The second kappa shape index (κ2) is 5.66. The number of halogens is 1. The SMILES string of the molecule is CNC(=O)[C@H]1CN(c2cc(F)c3c(c2)oc(=O)n3C(C)C)C(=O)O1. The van der Waals surface area contributed by atoms with Crippen molar-refractivity contribution in [2.24, 2.45) is 0 Å². The topological polar surface area (TPSA) is 93.8 Å². The lowest BCUT2D eigenvalue weighted by molar-refractivity contribution is -0.127. The summed E-state index contributed by atoms with van der Waals surface area (Å²) in [7, 11) is 1.42. The molecule has 1 aliphatic heterocycles. The maximum absolute atomic E-state index is 14.5. The van der Waals surface area contributed by atoms with E-state index in [0.29, 0.717) is 0 Å². The number of benzene rings is 1. The molecule has 3 rings (SSSR count). The molecule has 0 spiro atoms. The van der Waals surface area contributed by atoms with Crippen molar-refractivity contribution in [1.29, 1.82) is 0 Å². The van der Waals surface area contributed by atoms with Gasteiger partial charge in [0.1, 0.15) is 5.52 Å². The normalized spacial score (nSPS) is 17.6. The lowest BCUT2D eigenvalue weighted by Crippen LogP contribution is -2.35. The number of rotatable bonds is 3. The molecule has 2 heterocycles. The molecule has 9 heteroatoms. The molecule has 0 radical (unpaired) electrons. The average Bonchev–Trinajstić information content (AvgIpc) is 3.06. The summed E-state index contributed by atoms with van der Waals surface area (Å²) < 4.78 is 25.7. The Morgan fingerprint density at radius 1 is 1.38 bits per heavy atom. The Balaban J connectivity index is 2.05. The summed E-state index contributed by atoms with van der Waals surface area (Å²) in [5.74, 6) is -1.83. The predicted molar refractivity (Wildman–Crippen MR) is 82.5 cm³/mol. The summed E-state index contributed by atoms with van der Waals surface area (Å²) >= 11 is 0. The molecule has 0 unspecified atom stereocenters. The third-order valence-electron chi connectivity index (χ3n) is 3.83. The van der Waals surface area contributed by atoms with Gasteiger partial charge in [0, 0.05) is 25.2 Å². The monoisotopic (exact) mass is 337 g/mol. The minimum Gasteiger partial charge on any atom is -0.434 e. The van der Waals surface area contributed by atoms with Crippen LogP contribution in [0, 0.1) is 5.82 Å². The first-order valence-electron chi connectivity index (χ1n) is 7.37. The number of likely N-dealkylation sites (N-methyl/N-ethyl adjacent to an activating group) is 1. The first-order chi connectivity index (χ1) is 11.3. The minimum absolute atomic E-state index is 0.0277. The first kappa shape index (κ1) is 16.0. The van der Waals surface area contributed by atoms with E-state index >= 15 is 0 Å². The number of carbonyl (C=O) groups is 2. The van der Waals surface area contributed by atoms with E-state index in [1.807, 2.05) is 0 Å². The molecule has 1 N–H and O–H groups in total. The highest BCUT2D eigenvalue weighted by atomic mass is 19.1. The van der Waals surface area contributed by atoms with Crippen molar-refractivity contribution < 1.29 is 23.1 Å². The van der Waals surface area contributed by atoms with Gasteiger partial charge in [-0.3, -0.25) is 14.3 Å². The number of carbonyl (C=O) groups excluding carboxylic acids is 2. The van der Waals surface area contributed by atoms with Crippen LogP contribution >= 0.6 is 0 Å². The molecule has 1 aliphatic rings. The van der Waals surface area contributed by atoms with Crippen LogP contribution in [-0.4, -0.2) is 36.3 Å². The third kappa shape index (κ3) is 2.41. The van der Waals surface area contributed by atoms with Gasteiger partial charge in [0.25, 0.3) is 5.91 Å². The van der Waals surface area contributed by atoms with E-state index in [9.17, 15) is 18.8 Å². The van der Waals surface area contributed by atoms with E-state index in [4.69, 9.17) is 9.15 Å². The summed E-state index contributed by atoms with van der Waals surface area (Å²) in [6.07, 6.45) is -1.75. The Kier molecular flexibility index (Phi) is 3.78. The Labute approximate surface area is 135 Å². The quantitative estimate of drug-likeness (QED) is 0.913. The van der Waals surface area contributed by atoms with Crippen LogP contribution in [0.4, 0.5) is 14.9 Å². The maximum atomic E-state index is 14.5. The number of fused-ring (bicyclic) bond motifs is 1. The van der Waals surface area contributed by atoms with Crippen LogP contribution in [0.25, 0.3) is 11.1 Å². The summed E-state index contributed by atoms with van der Waals surface area (Å²) in [6.45, 7) is 3.41. The van der Waals surface area contributed by atoms with E-state index < -0.39 is 29.7 Å². The predicted octanol–water partition coefficient (Wildman–Crippen LogP) is 1.39. The number of ether oxygens (including phenoxy) is 1. The first-order valence-corrected chi connectivity index (χ1v) is 7.37. The van der Waals surface area contributed by atoms with Crippen LogP contribution in [-0.2, 0) is 9.53 Å². The van der Waals surface area contributed by atoms with Crippen LogP contribution in [0.5, 0.6) is 0 Å². The molecular weight excluding hydrogens is 321 g/mol. The van der Waals surface area contributed by atoms with Crippen LogP contribution in [0.3, 0.4) is 0 Å². The van der Waals surface area contributed by atoms with E-state index in [1.54, 1.807) is 13.8 Å². The fourth-order valence-electron chi connectivity index (χ4n) is 2.70. The fourth-order valence-corrected chi connectivity index (χ4v) is 2.70. The molecule has 1 atom stereocenters. The van der Waals surface area contributed by atoms with Crippen molar-refractivity contribution in [3.63, 3.8) is 0 Å². The molecule has 128 valence electrons. The average molecular weight is 337 g/mol. The Morgan fingerprint density at radius 2 is 2.08 bits per heavy atom. The fraction of sp³-hybridized carbons (Fsp3) is 0.400. The molecule has 8 nitrogen and oxygen atoms in total. The van der Waals surface area contributed by atoms with Gasteiger partial charge < -0.3 is 14.5 Å². The number of oxazole rings is 1. The van der Waals surface area contributed by atoms with E-state index in [-0.39, 0.29) is 29.4 Å². The molecule has 1 aromatic heterocycles. The molecule has 24 heavy (non-hydrogen) atoms. The van der Waals surface area contributed by atoms with Gasteiger partial charge in [0.15, 0.2) is 17.5 Å². The Morgan fingerprint density at radius 3 is 2.71 bits per heavy atom. The lowest BCUT2D eigenvalue weighted by Gasteiger charge is -2.13. The largest absolute Gasteiger partial charge is 0.434 e. The van der Waals surface area contributed by atoms with Gasteiger partial charge in [0.2, 0.25) is 0 Å². The smallest absolute Gasteiger partial charge is 0.420 e. The Hall–Kier alpha value is -2.84. The van der Waals surface area contributed by atoms with Crippen LogP contribution in [0.1, 0.15) is 19.9 Å². The van der Waals surface area contributed by atoms with Gasteiger partial charge in [-0.15, -0.1) is 0 Å². The van der Waals surface area contributed by atoms with Crippen molar-refractivity contribution >= 4 is 28.8 Å². The van der Waals surface area contributed by atoms with Gasteiger partial charge in [-0.25, -0.2) is 14.0 Å². The van der Waals surface area contributed by atoms with Gasteiger partial charge >= 0.3 is 11.8 Å². The third-order valence-corrected chi connectivity index (χ3v) is 3.83. The highest BCUT2D eigenvalue weighted by Gasteiger charge is 2.37. The molecule has 1 saturated heterocycles. The molecule has 2 amide bonds. The maximum Gasteiger partial charge on any atom is 0.420 e. The Bertz CT molecular complexity index is 885. The zero-order chi connectivity index (χ0) is 17.6. The number of amides is 2. The second-order valence-corrected chi connectivity index (χ2v) is 5.70. The summed E-state index contributed by atoms with van der Waals surface area (Å²) in [6, 6.07) is 2.21. The highest BCUT2D eigenvalue weighted by molar-refractivity contribution is 5.96. The highest BCUT2D eigenvalue weighted by Crippen LogP contribution is 2.29. The van der Waals surface area contributed by atoms with Crippen LogP contribution in [0.2, 0.25) is 0 Å². The van der Waals surface area contributed by atoms with Crippen molar-refractivity contribution in [3.8, 4) is 0 Å². The molecule has 0 saturated carbocycles. The summed E-state index contributed by atoms with van der Waals surface area (Å²) in [5.41, 5.74) is 0.218. The van der Waals surface area contributed by atoms with Crippen molar-refractivity contribution in [3.05, 3.63) is 28.5 Å². The second-order valence-electron chi connectivity index (χ2n) is 5.70. The minimum atomic E-state index is -0.978. The van der Waals surface area contributed by atoms with Gasteiger partial charge in [-0.05, 0) is 13.8 Å². The molecular formula is C15H16FN3O5. The number of aromatic nitrogens is 1. The number of anilines is 1. The van der Waals surface area contributed by atoms with Crippen molar-refractivity contribution in [2.75, 3.05) is 18.5 Å². The van der Waals surface area contributed by atoms with Gasteiger partial charge in [-0.2, -0.15) is 0 Å². The van der Waals surface area contributed by atoms with Crippen LogP contribution in [0.15, 0.2) is 21.3 Å². The number of hydrogen-bond acceptors (Lipinski definition) is 5. The molecule has 1 fully saturated rings. The van der Waals surface area contributed by atoms with Crippen LogP contribution < -0.4 is 16.0 Å². The van der Waals surface area contributed by atoms with Gasteiger partial charge in [0.05, 0.1) is 12.2 Å². The van der Waals surface area contributed by atoms with Gasteiger partial charge in [-0.1, -0.05) is 0 Å². The molecule has 1 aromatic carbocycles. The number of cyclic esters (lactones) is 1. The molecule has 0 aliphatic carbocycles. The number of nitrogens with one attached hydrogen (secondary N) is 1. The summed E-state index contributed by atoms with van der Waals surface area (Å²) in [5, 5.41) is 2.38. The standard InChI is InChI=1S/C15H16FN3O5/c1-7(2)19-12-9(16)4-8(5-10(12)23-15(19)22)18-6-11(13(20)17-3)24-14(18)21/h4-5,7,11H,6H2,1-3H3,(H,17,20)/t11-/m1/s1. The summed E-state index contributed by atoms with van der Waals surface area (Å²) in [4.78, 5) is 36.5. The van der Waals surface area contributed by atoms with E-state index in [1.165, 1.54) is 17.7 Å². The van der Waals surface area contributed by atoms with E-state index in [0.717, 1.165) is 11.0 Å². The van der Waals surface area contributed by atoms with Crippen molar-refractivity contribution in [2.45, 2.75) is 26.0 Å². The zero-order valence-corrected chi connectivity index (χ0v) is 13.3.